The van der Waals surface area contributed by atoms with Crippen molar-refractivity contribution in [2.45, 2.75) is 24.9 Å². The van der Waals surface area contributed by atoms with Crippen LogP contribution >= 0.6 is 18.9 Å². The lowest BCUT2D eigenvalue weighted by molar-refractivity contribution is 0.102. The normalized spacial score (nSPS) is 11.8. The molecule has 0 aliphatic carbocycles. The Morgan fingerprint density at radius 1 is 1.05 bits per heavy atom. The molecular weight excluding hydrogens is 555 g/mol. The highest BCUT2D eigenvalue weighted by atomic mass is 32.2. The Morgan fingerprint density at radius 3 is 2.32 bits per heavy atom. The molecule has 0 aliphatic heterocycles. The van der Waals surface area contributed by atoms with Crippen LogP contribution in [0, 0.1) is 0 Å². The van der Waals surface area contributed by atoms with Crippen molar-refractivity contribution in [3.63, 3.8) is 0 Å². The van der Waals surface area contributed by atoms with Crippen molar-refractivity contribution in [2.24, 2.45) is 0 Å². The van der Waals surface area contributed by atoms with Gasteiger partial charge in [-0.25, -0.2) is 13.4 Å². The molecule has 1 amide bonds. The topological polar surface area (TPSA) is 150 Å². The van der Waals surface area contributed by atoms with E-state index in [-0.39, 0.29) is 59.7 Å². The summed E-state index contributed by atoms with van der Waals surface area (Å²) in [4.78, 5) is 17.5. The van der Waals surface area contributed by atoms with E-state index in [9.17, 15) is 17.8 Å². The summed E-state index contributed by atoms with van der Waals surface area (Å²) in [6.07, 6.45) is 1.08. The zero-order valence-corrected chi connectivity index (χ0v) is 23.6. The molecule has 1 heterocycles. The molecule has 3 rings (SSSR count). The highest BCUT2D eigenvalue weighted by Gasteiger charge is 2.26. The summed E-state index contributed by atoms with van der Waals surface area (Å²) >= 11 is 1.16. The number of amides is 1. The first-order valence-electron chi connectivity index (χ1n) is 11.6. The first-order valence-corrected chi connectivity index (χ1v) is 16.1. The van der Waals surface area contributed by atoms with Crippen LogP contribution in [0.4, 0.5) is 5.13 Å². The highest BCUT2D eigenvalue weighted by Crippen LogP contribution is 2.51. The molecule has 0 spiro atoms. The van der Waals surface area contributed by atoms with Crippen molar-refractivity contribution in [3.8, 4) is 17.2 Å². The monoisotopic (exact) mass is 584 g/mol. The van der Waals surface area contributed by atoms with Crippen LogP contribution in [-0.4, -0.2) is 57.1 Å². The molecule has 206 valence electrons. The molecule has 0 saturated heterocycles. The maximum atomic E-state index is 13.0. The van der Waals surface area contributed by atoms with Crippen molar-refractivity contribution in [1.29, 1.82) is 0 Å². The van der Waals surface area contributed by atoms with E-state index in [0.717, 1.165) is 17.6 Å². The second kappa shape index (κ2) is 13.3. The number of nitrogens with one attached hydrogen (secondary N) is 1. The van der Waals surface area contributed by atoms with Crippen LogP contribution < -0.4 is 14.8 Å². The fourth-order valence-electron chi connectivity index (χ4n) is 3.23. The number of ether oxygens (including phenoxy) is 2. The van der Waals surface area contributed by atoms with Crippen LogP contribution in [0.1, 0.15) is 29.9 Å². The summed E-state index contributed by atoms with van der Waals surface area (Å²) < 4.78 is 58.1. The molecule has 2 N–H and O–H groups in total. The third kappa shape index (κ3) is 8.62. The molecule has 0 bridgehead atoms. The molecule has 3 aromatic rings. The molecule has 0 fully saturated rings. The molecule has 0 unspecified atom stereocenters. The van der Waals surface area contributed by atoms with Crippen molar-refractivity contribution >= 4 is 39.8 Å². The Balaban J connectivity index is 1.79. The van der Waals surface area contributed by atoms with Crippen molar-refractivity contribution in [1.82, 2.24) is 4.98 Å². The first-order chi connectivity index (χ1) is 18.0. The maximum Gasteiger partial charge on any atom is 0.336 e. The number of aliphatic hydroxyl groups is 1. The average Bonchev–Trinajstić information content (AvgIpc) is 3.28. The number of aromatic nitrogens is 1. The second-order valence-corrected chi connectivity index (χ2v) is 12.7. The number of rotatable bonds is 14. The SMILES string of the molecule is CCOP(=O)(Cc1csc(NC(=O)c2cc(OCCO)cc(Oc3ccc(S(C)(=O)=O)cc3)c2)n1)OCC. The average molecular weight is 585 g/mol. The van der Waals surface area contributed by atoms with Gasteiger partial charge in [-0.15, -0.1) is 11.3 Å². The van der Waals surface area contributed by atoms with Gasteiger partial charge < -0.3 is 23.6 Å². The van der Waals surface area contributed by atoms with Crippen LogP contribution in [0.25, 0.3) is 0 Å². The Hall–Kier alpha value is -2.80. The molecule has 0 radical (unpaired) electrons. The summed E-state index contributed by atoms with van der Waals surface area (Å²) in [5.74, 6) is 0.381. The van der Waals surface area contributed by atoms with Crippen LogP contribution in [0.2, 0.25) is 0 Å². The molecular formula is C24H29N2O9PS2. The number of anilines is 1. The summed E-state index contributed by atoms with van der Waals surface area (Å²) in [5.41, 5.74) is 0.645. The van der Waals surface area contributed by atoms with Gasteiger partial charge in [0, 0.05) is 23.3 Å². The molecule has 0 aliphatic rings. The number of thiazole rings is 1. The van der Waals surface area contributed by atoms with E-state index in [2.05, 4.69) is 10.3 Å². The van der Waals surface area contributed by atoms with Crippen LogP contribution in [0.5, 0.6) is 17.2 Å². The van der Waals surface area contributed by atoms with Gasteiger partial charge >= 0.3 is 7.60 Å². The van der Waals surface area contributed by atoms with Gasteiger partial charge in [-0.2, -0.15) is 0 Å². The van der Waals surface area contributed by atoms with Crippen molar-refractivity contribution in [3.05, 3.63) is 59.1 Å². The minimum Gasteiger partial charge on any atom is -0.491 e. The molecule has 1 aromatic heterocycles. The number of aliphatic hydroxyl groups excluding tert-OH is 1. The number of carbonyl (C=O) groups excluding carboxylic acids is 1. The van der Waals surface area contributed by atoms with Gasteiger partial charge in [-0.05, 0) is 50.2 Å². The number of nitrogens with zero attached hydrogens (tertiary/aromatic N) is 1. The van der Waals surface area contributed by atoms with E-state index in [1.54, 1.807) is 19.2 Å². The fourth-order valence-corrected chi connectivity index (χ4v) is 6.29. The first kappa shape index (κ1) is 29.8. The van der Waals surface area contributed by atoms with E-state index in [0.29, 0.717) is 11.4 Å². The van der Waals surface area contributed by atoms with E-state index in [1.165, 1.54) is 42.5 Å². The summed E-state index contributed by atoms with van der Waals surface area (Å²) in [6.45, 7) is 3.68. The summed E-state index contributed by atoms with van der Waals surface area (Å²) in [5, 5.41) is 13.8. The van der Waals surface area contributed by atoms with E-state index in [4.69, 9.17) is 23.6 Å². The summed E-state index contributed by atoms with van der Waals surface area (Å²) in [7, 11) is -6.70. The number of hydrogen-bond donors (Lipinski definition) is 2. The molecule has 38 heavy (non-hydrogen) atoms. The van der Waals surface area contributed by atoms with Gasteiger partial charge in [-0.3, -0.25) is 14.7 Å². The minimum absolute atomic E-state index is 0.00310. The zero-order chi connectivity index (χ0) is 27.8. The predicted molar refractivity (Wildman–Crippen MR) is 143 cm³/mol. The third-order valence-corrected chi connectivity index (χ3v) is 8.72. The number of benzene rings is 2. The lowest BCUT2D eigenvalue weighted by atomic mass is 10.2. The van der Waals surface area contributed by atoms with Crippen LogP contribution in [0.15, 0.2) is 52.7 Å². The van der Waals surface area contributed by atoms with Crippen molar-refractivity contribution in [2.75, 3.05) is 38.0 Å². The summed E-state index contributed by atoms with van der Waals surface area (Å²) in [6, 6.07) is 10.3. The highest BCUT2D eigenvalue weighted by molar-refractivity contribution is 7.90. The smallest absolute Gasteiger partial charge is 0.336 e. The minimum atomic E-state index is -3.36. The van der Waals surface area contributed by atoms with E-state index < -0.39 is 23.3 Å². The lowest BCUT2D eigenvalue weighted by Crippen LogP contribution is -2.12. The van der Waals surface area contributed by atoms with Crippen LogP contribution in [-0.2, 0) is 29.6 Å². The number of sulfone groups is 1. The van der Waals surface area contributed by atoms with Gasteiger partial charge in [0.2, 0.25) is 0 Å². The molecule has 2 aromatic carbocycles. The van der Waals surface area contributed by atoms with Gasteiger partial charge in [0.05, 0.1) is 36.6 Å². The van der Waals surface area contributed by atoms with E-state index >= 15 is 0 Å². The molecule has 0 saturated carbocycles. The predicted octanol–water partition coefficient (Wildman–Crippen LogP) is 4.73. The Morgan fingerprint density at radius 2 is 1.71 bits per heavy atom. The quantitative estimate of drug-likeness (QED) is 0.255. The van der Waals surface area contributed by atoms with Gasteiger partial charge in [0.25, 0.3) is 5.91 Å². The largest absolute Gasteiger partial charge is 0.491 e. The maximum absolute atomic E-state index is 13.0. The molecule has 0 atom stereocenters. The Kier molecular flexibility index (Phi) is 10.4. The number of hydrogen-bond acceptors (Lipinski definition) is 11. The third-order valence-electron chi connectivity index (χ3n) is 4.77. The van der Waals surface area contributed by atoms with Gasteiger partial charge in [0.15, 0.2) is 15.0 Å². The van der Waals surface area contributed by atoms with Gasteiger partial charge in [0.1, 0.15) is 23.9 Å². The standard InChI is InChI=1S/C24H29N2O9PS2/c1-4-33-36(29,34-5-2)15-18-16-37-24(25-18)26-23(28)17-12-20(32-11-10-27)14-21(13-17)35-19-6-8-22(9-7-19)38(3,30)31/h6-9,12-14,16,27H,4-5,10-11,15H2,1-3H3,(H,25,26,28). The Labute approximate surface area is 225 Å². The molecule has 14 heteroatoms. The Bertz CT molecular complexity index is 1380. The lowest BCUT2D eigenvalue weighted by Gasteiger charge is -2.15. The van der Waals surface area contributed by atoms with Gasteiger partial charge in [-0.1, -0.05) is 0 Å². The van der Waals surface area contributed by atoms with E-state index in [1.807, 2.05) is 0 Å². The van der Waals surface area contributed by atoms with Crippen molar-refractivity contribution < 1.29 is 41.4 Å². The second-order valence-electron chi connectivity index (χ2n) is 7.81. The zero-order valence-electron chi connectivity index (χ0n) is 21.1. The fraction of sp³-hybridized carbons (Fsp3) is 0.333. The molecule has 11 nitrogen and oxygen atoms in total. The number of carbonyl (C=O) groups is 1. The van der Waals surface area contributed by atoms with Crippen LogP contribution in [0.3, 0.4) is 0 Å².